The summed E-state index contributed by atoms with van der Waals surface area (Å²) in [5.41, 5.74) is 3.29. The Bertz CT molecular complexity index is 810. The van der Waals surface area contributed by atoms with E-state index in [0.717, 1.165) is 16.7 Å². The molecule has 0 aliphatic heterocycles. The molecule has 0 fully saturated rings. The van der Waals surface area contributed by atoms with Crippen molar-refractivity contribution in [3.8, 4) is 11.1 Å². The fourth-order valence-corrected chi connectivity index (χ4v) is 2.82. The molecule has 0 saturated heterocycles. The van der Waals surface area contributed by atoms with E-state index in [2.05, 4.69) is 29.2 Å². The van der Waals surface area contributed by atoms with E-state index in [9.17, 15) is 4.79 Å². The van der Waals surface area contributed by atoms with Gasteiger partial charge in [-0.25, -0.2) is 4.98 Å². The van der Waals surface area contributed by atoms with Gasteiger partial charge in [0.25, 0.3) is 5.91 Å². The van der Waals surface area contributed by atoms with Crippen LogP contribution in [0.25, 0.3) is 17.2 Å². The first kappa shape index (κ1) is 15.2. The Labute approximate surface area is 139 Å². The maximum atomic E-state index is 12.2. The molecule has 0 radical (unpaired) electrons. The van der Waals surface area contributed by atoms with Crippen molar-refractivity contribution in [2.45, 2.75) is 0 Å². The van der Waals surface area contributed by atoms with E-state index < -0.39 is 0 Å². The highest BCUT2D eigenvalue weighted by Crippen LogP contribution is 2.21. The number of hydrogen-bond acceptors (Lipinski definition) is 3. The third-order valence-corrected chi connectivity index (χ3v) is 4.30. The van der Waals surface area contributed by atoms with Gasteiger partial charge in [-0.15, -0.1) is 11.3 Å². The van der Waals surface area contributed by atoms with Crippen LogP contribution in [0.15, 0.2) is 72.3 Å². The molecule has 1 amide bonds. The maximum absolute atomic E-state index is 12.2. The summed E-state index contributed by atoms with van der Waals surface area (Å²) in [5, 5.41) is 2.55. The molecule has 2 aromatic carbocycles. The summed E-state index contributed by atoms with van der Waals surface area (Å²) < 4.78 is 0. The molecule has 0 unspecified atom stereocenters. The normalized spacial score (nSPS) is 10.8. The van der Waals surface area contributed by atoms with Crippen molar-refractivity contribution in [2.75, 3.05) is 11.9 Å². The van der Waals surface area contributed by atoms with Crippen LogP contribution in [0.1, 0.15) is 5.56 Å². The zero-order valence-corrected chi connectivity index (χ0v) is 13.5. The molecule has 0 N–H and O–H groups in total. The second-order valence-electron chi connectivity index (χ2n) is 5.04. The third-order valence-electron chi connectivity index (χ3n) is 3.45. The van der Waals surface area contributed by atoms with Crippen LogP contribution in [-0.4, -0.2) is 17.9 Å². The van der Waals surface area contributed by atoms with Crippen LogP contribution in [0.3, 0.4) is 0 Å². The Morgan fingerprint density at radius 2 is 1.87 bits per heavy atom. The second kappa shape index (κ2) is 7.03. The highest BCUT2D eigenvalue weighted by atomic mass is 32.1. The lowest BCUT2D eigenvalue weighted by Crippen LogP contribution is -2.23. The summed E-state index contributed by atoms with van der Waals surface area (Å²) >= 11 is 1.44. The van der Waals surface area contributed by atoms with Crippen molar-refractivity contribution in [3.63, 3.8) is 0 Å². The first-order valence-electron chi connectivity index (χ1n) is 7.25. The third kappa shape index (κ3) is 3.73. The molecule has 0 aliphatic rings. The Hall–Kier alpha value is -2.72. The van der Waals surface area contributed by atoms with Crippen LogP contribution < -0.4 is 4.90 Å². The molecular weight excluding hydrogens is 304 g/mol. The number of carbonyl (C=O) groups excluding carboxylic acids is 1. The molecule has 0 bridgehead atoms. The maximum Gasteiger partial charge on any atom is 0.252 e. The molecule has 3 nitrogen and oxygen atoms in total. The van der Waals surface area contributed by atoms with Crippen molar-refractivity contribution in [1.29, 1.82) is 0 Å². The molecule has 0 saturated carbocycles. The second-order valence-corrected chi connectivity index (χ2v) is 5.91. The largest absolute Gasteiger partial charge is 0.288 e. The summed E-state index contributed by atoms with van der Waals surface area (Å²) in [5.74, 6) is -0.0925. The van der Waals surface area contributed by atoms with E-state index in [0.29, 0.717) is 5.13 Å². The van der Waals surface area contributed by atoms with Crippen molar-refractivity contribution < 1.29 is 4.79 Å². The van der Waals surface area contributed by atoms with Gasteiger partial charge in [-0.3, -0.25) is 9.69 Å². The van der Waals surface area contributed by atoms with Crippen molar-refractivity contribution >= 4 is 28.5 Å². The van der Waals surface area contributed by atoms with Crippen molar-refractivity contribution in [1.82, 2.24) is 4.98 Å². The Kier molecular flexibility index (Phi) is 4.64. The van der Waals surface area contributed by atoms with Gasteiger partial charge in [-0.05, 0) is 28.8 Å². The van der Waals surface area contributed by atoms with Crippen molar-refractivity contribution in [3.05, 3.63) is 77.8 Å². The summed E-state index contributed by atoms with van der Waals surface area (Å²) in [6.45, 7) is 0. The van der Waals surface area contributed by atoms with Gasteiger partial charge >= 0.3 is 0 Å². The van der Waals surface area contributed by atoms with E-state index in [1.807, 2.05) is 41.8 Å². The van der Waals surface area contributed by atoms with Crippen LogP contribution in [0.5, 0.6) is 0 Å². The summed E-state index contributed by atoms with van der Waals surface area (Å²) in [6, 6.07) is 18.3. The minimum absolute atomic E-state index is 0.0925. The fourth-order valence-electron chi connectivity index (χ4n) is 2.21. The smallest absolute Gasteiger partial charge is 0.252 e. The molecule has 1 heterocycles. The molecule has 3 rings (SSSR count). The Balaban J connectivity index is 1.76. The zero-order chi connectivity index (χ0) is 16.1. The highest BCUT2D eigenvalue weighted by Gasteiger charge is 2.09. The summed E-state index contributed by atoms with van der Waals surface area (Å²) in [4.78, 5) is 17.9. The zero-order valence-electron chi connectivity index (χ0n) is 12.7. The molecule has 0 atom stereocenters. The van der Waals surface area contributed by atoms with Gasteiger partial charge in [-0.1, -0.05) is 48.5 Å². The SMILES string of the molecule is CN(C(=O)/C=C/c1cccc(-c2ccccc2)c1)c1nccs1. The van der Waals surface area contributed by atoms with Crippen LogP contribution >= 0.6 is 11.3 Å². The van der Waals surface area contributed by atoms with Crippen LogP contribution in [0.2, 0.25) is 0 Å². The quantitative estimate of drug-likeness (QED) is 0.664. The van der Waals surface area contributed by atoms with Gasteiger partial charge in [0.1, 0.15) is 0 Å². The van der Waals surface area contributed by atoms with E-state index in [1.54, 1.807) is 24.2 Å². The van der Waals surface area contributed by atoms with E-state index in [4.69, 9.17) is 0 Å². The average Bonchev–Trinajstić information content (AvgIpc) is 3.14. The van der Waals surface area contributed by atoms with E-state index in [-0.39, 0.29) is 5.91 Å². The number of thiazole rings is 1. The fraction of sp³-hybridized carbons (Fsp3) is 0.0526. The summed E-state index contributed by atoms with van der Waals surface area (Å²) in [6.07, 6.45) is 5.10. The molecule has 0 aliphatic carbocycles. The van der Waals surface area contributed by atoms with Crippen LogP contribution in [0, 0.1) is 0 Å². The minimum Gasteiger partial charge on any atom is -0.288 e. The predicted molar refractivity (Wildman–Crippen MR) is 96.4 cm³/mol. The molecule has 4 heteroatoms. The topological polar surface area (TPSA) is 33.2 Å². The van der Waals surface area contributed by atoms with Crippen LogP contribution in [0.4, 0.5) is 5.13 Å². The molecular formula is C19H16N2OS. The number of benzene rings is 2. The first-order valence-corrected chi connectivity index (χ1v) is 8.13. The molecule has 3 aromatic rings. The average molecular weight is 320 g/mol. The minimum atomic E-state index is -0.0925. The number of anilines is 1. The van der Waals surface area contributed by atoms with Gasteiger partial charge in [0.05, 0.1) is 0 Å². The number of likely N-dealkylation sites (N-methyl/N-ethyl adjacent to an activating group) is 1. The van der Waals surface area contributed by atoms with Gasteiger partial charge in [-0.2, -0.15) is 0 Å². The van der Waals surface area contributed by atoms with Crippen LogP contribution in [-0.2, 0) is 4.79 Å². The lowest BCUT2D eigenvalue weighted by molar-refractivity contribution is -0.113. The van der Waals surface area contributed by atoms with Crippen molar-refractivity contribution in [2.24, 2.45) is 0 Å². The van der Waals surface area contributed by atoms with Gasteiger partial charge < -0.3 is 0 Å². The van der Waals surface area contributed by atoms with E-state index >= 15 is 0 Å². The van der Waals surface area contributed by atoms with E-state index in [1.165, 1.54) is 11.3 Å². The van der Waals surface area contributed by atoms with Gasteiger partial charge in [0.2, 0.25) is 0 Å². The lowest BCUT2D eigenvalue weighted by Gasteiger charge is -2.10. The standard InChI is InChI=1S/C19H16N2OS/c1-21(19-20-12-13-23-19)18(22)11-10-15-6-5-9-17(14-15)16-7-3-2-4-8-16/h2-14H,1H3/b11-10+. The Morgan fingerprint density at radius 3 is 2.61 bits per heavy atom. The van der Waals surface area contributed by atoms with Gasteiger partial charge in [0.15, 0.2) is 5.13 Å². The number of hydrogen-bond donors (Lipinski definition) is 0. The lowest BCUT2D eigenvalue weighted by atomic mass is 10.0. The van der Waals surface area contributed by atoms with Gasteiger partial charge in [0, 0.05) is 24.7 Å². The Morgan fingerprint density at radius 1 is 1.09 bits per heavy atom. The number of rotatable bonds is 4. The molecule has 0 spiro atoms. The number of aromatic nitrogens is 1. The summed E-state index contributed by atoms with van der Waals surface area (Å²) in [7, 11) is 1.73. The number of nitrogens with zero attached hydrogens (tertiary/aromatic N) is 2. The first-order chi connectivity index (χ1) is 11.2. The number of amides is 1. The molecule has 114 valence electrons. The highest BCUT2D eigenvalue weighted by molar-refractivity contribution is 7.13. The molecule has 1 aromatic heterocycles. The predicted octanol–water partition coefficient (Wildman–Crippen LogP) is 4.49. The monoisotopic (exact) mass is 320 g/mol. The molecule has 23 heavy (non-hydrogen) atoms. The number of carbonyl (C=O) groups is 1.